The number of nitrogens with two attached hydrogens (primary N) is 1. The largest absolute Gasteiger partial charge is 0.356 e. The van der Waals surface area contributed by atoms with Crippen LogP contribution in [0, 0.1) is 11.8 Å². The summed E-state index contributed by atoms with van der Waals surface area (Å²) in [5, 5.41) is 2.98. The average molecular weight is 246 g/mol. The Morgan fingerprint density at radius 2 is 2.00 bits per heavy atom. The quantitative estimate of drug-likeness (QED) is 0.653. The number of hydrogen-bond donors (Lipinski definition) is 2. The van der Waals surface area contributed by atoms with Crippen molar-refractivity contribution in [3.8, 4) is 0 Å². The van der Waals surface area contributed by atoms with E-state index in [1.807, 2.05) is 11.8 Å². The number of carbonyl (C=O) groups excluding carboxylic acids is 1. The molecule has 0 aliphatic heterocycles. The highest BCUT2D eigenvalue weighted by atomic mass is 32.2. The molecular formula is C12H26N2OS. The maximum Gasteiger partial charge on any atom is 0.220 e. The maximum absolute atomic E-state index is 11.5. The van der Waals surface area contributed by atoms with Crippen LogP contribution in [0.1, 0.15) is 33.1 Å². The first kappa shape index (κ1) is 15.8. The Kier molecular flexibility index (Phi) is 9.83. The molecule has 0 radical (unpaired) electrons. The smallest absolute Gasteiger partial charge is 0.220 e. The van der Waals surface area contributed by atoms with E-state index in [-0.39, 0.29) is 5.91 Å². The number of hydrogen-bond acceptors (Lipinski definition) is 3. The lowest BCUT2D eigenvalue weighted by Gasteiger charge is -2.12. The fourth-order valence-electron chi connectivity index (χ4n) is 1.53. The Morgan fingerprint density at radius 3 is 2.56 bits per heavy atom. The van der Waals surface area contributed by atoms with Crippen molar-refractivity contribution in [3.63, 3.8) is 0 Å². The topological polar surface area (TPSA) is 55.1 Å². The van der Waals surface area contributed by atoms with Crippen LogP contribution in [-0.2, 0) is 4.79 Å². The van der Waals surface area contributed by atoms with Gasteiger partial charge >= 0.3 is 0 Å². The van der Waals surface area contributed by atoms with E-state index in [9.17, 15) is 4.79 Å². The Labute approximate surface area is 104 Å². The van der Waals surface area contributed by atoms with Crippen molar-refractivity contribution in [1.29, 1.82) is 0 Å². The molecule has 0 heterocycles. The zero-order valence-corrected chi connectivity index (χ0v) is 11.6. The SMILES string of the molecule is CSCC(C)CNC(=O)CCC(C)CCN. The standard InChI is InChI=1S/C12H26N2OS/c1-10(6-7-13)4-5-12(15)14-8-11(2)9-16-3/h10-11H,4-9,13H2,1-3H3,(H,14,15). The molecule has 0 aliphatic carbocycles. The molecule has 0 aliphatic rings. The van der Waals surface area contributed by atoms with Crippen molar-refractivity contribution in [1.82, 2.24) is 5.32 Å². The molecular weight excluding hydrogens is 220 g/mol. The van der Waals surface area contributed by atoms with Crippen LogP contribution < -0.4 is 11.1 Å². The molecule has 16 heavy (non-hydrogen) atoms. The van der Waals surface area contributed by atoms with Crippen molar-refractivity contribution in [2.45, 2.75) is 33.1 Å². The highest BCUT2D eigenvalue weighted by molar-refractivity contribution is 7.98. The van der Waals surface area contributed by atoms with E-state index in [0.717, 1.165) is 25.1 Å². The van der Waals surface area contributed by atoms with Crippen molar-refractivity contribution >= 4 is 17.7 Å². The van der Waals surface area contributed by atoms with E-state index in [4.69, 9.17) is 5.73 Å². The summed E-state index contributed by atoms with van der Waals surface area (Å²) in [5.41, 5.74) is 5.46. The molecule has 1 amide bonds. The molecule has 0 aromatic rings. The van der Waals surface area contributed by atoms with Crippen LogP contribution in [0.25, 0.3) is 0 Å². The summed E-state index contributed by atoms with van der Waals surface area (Å²) in [6.45, 7) is 5.82. The van der Waals surface area contributed by atoms with Crippen LogP contribution >= 0.6 is 11.8 Å². The lowest BCUT2D eigenvalue weighted by Crippen LogP contribution is -2.29. The first-order valence-corrected chi connectivity index (χ1v) is 7.45. The minimum Gasteiger partial charge on any atom is -0.356 e. The summed E-state index contributed by atoms with van der Waals surface area (Å²) in [6, 6.07) is 0. The minimum atomic E-state index is 0.178. The summed E-state index contributed by atoms with van der Waals surface area (Å²) in [6.07, 6.45) is 4.68. The van der Waals surface area contributed by atoms with Gasteiger partial charge in [-0.2, -0.15) is 11.8 Å². The summed E-state index contributed by atoms with van der Waals surface area (Å²) in [5.74, 6) is 2.39. The predicted molar refractivity (Wildman–Crippen MR) is 72.6 cm³/mol. The summed E-state index contributed by atoms with van der Waals surface area (Å²) < 4.78 is 0. The van der Waals surface area contributed by atoms with E-state index in [2.05, 4.69) is 25.4 Å². The van der Waals surface area contributed by atoms with Gasteiger partial charge in [-0.25, -0.2) is 0 Å². The van der Waals surface area contributed by atoms with E-state index < -0.39 is 0 Å². The second-order valence-electron chi connectivity index (χ2n) is 4.59. The van der Waals surface area contributed by atoms with Crippen LogP contribution in [0.5, 0.6) is 0 Å². The van der Waals surface area contributed by atoms with Gasteiger partial charge in [-0.15, -0.1) is 0 Å². The number of thioether (sulfide) groups is 1. The normalized spacial score (nSPS) is 14.5. The molecule has 0 rings (SSSR count). The Morgan fingerprint density at radius 1 is 1.31 bits per heavy atom. The summed E-state index contributed by atoms with van der Waals surface area (Å²) in [7, 11) is 0. The number of rotatable bonds is 9. The molecule has 0 saturated carbocycles. The van der Waals surface area contributed by atoms with Gasteiger partial charge in [0.05, 0.1) is 0 Å². The lowest BCUT2D eigenvalue weighted by molar-refractivity contribution is -0.121. The van der Waals surface area contributed by atoms with Crippen molar-refractivity contribution < 1.29 is 4.79 Å². The highest BCUT2D eigenvalue weighted by Crippen LogP contribution is 2.09. The Balaban J connectivity index is 3.51. The van der Waals surface area contributed by atoms with E-state index in [1.165, 1.54) is 0 Å². The van der Waals surface area contributed by atoms with Gasteiger partial charge in [0.25, 0.3) is 0 Å². The second-order valence-corrected chi connectivity index (χ2v) is 5.50. The fraction of sp³-hybridized carbons (Fsp3) is 0.917. The Hall–Kier alpha value is -0.220. The first-order chi connectivity index (χ1) is 7.60. The molecule has 2 atom stereocenters. The number of nitrogens with one attached hydrogen (secondary N) is 1. The molecule has 0 fully saturated rings. The zero-order valence-electron chi connectivity index (χ0n) is 10.8. The first-order valence-electron chi connectivity index (χ1n) is 6.05. The molecule has 4 heteroatoms. The highest BCUT2D eigenvalue weighted by Gasteiger charge is 2.07. The Bertz CT molecular complexity index is 170. The molecule has 2 unspecified atom stereocenters. The number of carbonyl (C=O) groups is 1. The molecule has 3 nitrogen and oxygen atoms in total. The van der Waals surface area contributed by atoms with E-state index in [0.29, 0.717) is 24.8 Å². The van der Waals surface area contributed by atoms with Gasteiger partial charge in [-0.3, -0.25) is 4.79 Å². The molecule has 3 N–H and O–H groups in total. The predicted octanol–water partition coefficient (Wildman–Crippen LogP) is 1.87. The number of amides is 1. The molecule has 0 aromatic heterocycles. The third kappa shape index (κ3) is 9.04. The van der Waals surface area contributed by atoms with Crippen molar-refractivity contribution in [3.05, 3.63) is 0 Å². The summed E-state index contributed by atoms with van der Waals surface area (Å²) in [4.78, 5) is 11.5. The monoisotopic (exact) mass is 246 g/mol. The van der Waals surface area contributed by atoms with Crippen molar-refractivity contribution in [2.75, 3.05) is 25.1 Å². The lowest BCUT2D eigenvalue weighted by atomic mass is 10.0. The third-order valence-electron chi connectivity index (χ3n) is 2.62. The van der Waals surface area contributed by atoms with Gasteiger partial charge in [0.2, 0.25) is 5.91 Å². The maximum atomic E-state index is 11.5. The minimum absolute atomic E-state index is 0.178. The third-order valence-corrected chi connectivity index (χ3v) is 3.52. The van der Waals surface area contributed by atoms with Gasteiger partial charge in [0.15, 0.2) is 0 Å². The van der Waals surface area contributed by atoms with E-state index >= 15 is 0 Å². The van der Waals surface area contributed by atoms with Gasteiger partial charge < -0.3 is 11.1 Å². The molecule has 96 valence electrons. The molecule has 0 saturated heterocycles. The van der Waals surface area contributed by atoms with Gasteiger partial charge in [-0.05, 0) is 43.2 Å². The van der Waals surface area contributed by atoms with Crippen molar-refractivity contribution in [2.24, 2.45) is 17.6 Å². The fourth-order valence-corrected chi connectivity index (χ4v) is 2.21. The summed E-state index contributed by atoms with van der Waals surface area (Å²) >= 11 is 1.82. The van der Waals surface area contributed by atoms with Crippen LogP contribution in [0.15, 0.2) is 0 Å². The van der Waals surface area contributed by atoms with Crippen LogP contribution in [0.2, 0.25) is 0 Å². The zero-order chi connectivity index (χ0) is 12.4. The van der Waals surface area contributed by atoms with Gasteiger partial charge in [-0.1, -0.05) is 13.8 Å². The molecule has 0 spiro atoms. The van der Waals surface area contributed by atoms with Crippen LogP contribution in [-0.4, -0.2) is 31.0 Å². The molecule has 0 bridgehead atoms. The van der Waals surface area contributed by atoms with Gasteiger partial charge in [0.1, 0.15) is 0 Å². The van der Waals surface area contributed by atoms with Crippen LogP contribution in [0.4, 0.5) is 0 Å². The second kappa shape index (κ2) is 9.97. The van der Waals surface area contributed by atoms with Crippen LogP contribution in [0.3, 0.4) is 0 Å². The van der Waals surface area contributed by atoms with Gasteiger partial charge in [0, 0.05) is 13.0 Å². The molecule has 0 aromatic carbocycles. The van der Waals surface area contributed by atoms with E-state index in [1.54, 1.807) is 0 Å². The average Bonchev–Trinajstić information content (AvgIpc) is 2.24.